The van der Waals surface area contributed by atoms with Crippen molar-refractivity contribution in [2.75, 3.05) is 42.9 Å². The number of nitrogens with zero attached hydrogens (tertiary/aromatic N) is 2. The number of fused-ring (bicyclic) bond motifs is 1. The first kappa shape index (κ1) is 12.8. The van der Waals surface area contributed by atoms with Crippen molar-refractivity contribution in [3.05, 3.63) is 23.8 Å². The van der Waals surface area contributed by atoms with Gasteiger partial charge in [-0.05, 0) is 44.4 Å². The van der Waals surface area contributed by atoms with Crippen LogP contribution in [0.25, 0.3) is 0 Å². The smallest absolute Gasteiger partial charge is 0.0420 e. The van der Waals surface area contributed by atoms with Crippen LogP contribution >= 0.6 is 0 Å². The topological polar surface area (TPSA) is 18.5 Å². The maximum Gasteiger partial charge on any atom is 0.0420 e. The normalized spacial score (nSPS) is 20.3. The molecule has 1 fully saturated rings. The first-order valence-electron chi connectivity index (χ1n) is 7.60. The number of benzene rings is 1. The molecule has 19 heavy (non-hydrogen) atoms. The fourth-order valence-electron chi connectivity index (χ4n) is 3.27. The van der Waals surface area contributed by atoms with E-state index in [4.69, 9.17) is 0 Å². The Morgan fingerprint density at radius 2 is 1.89 bits per heavy atom. The number of hydrogen-bond acceptors (Lipinski definition) is 3. The molecular weight excluding hydrogens is 234 g/mol. The van der Waals surface area contributed by atoms with Gasteiger partial charge in [0.15, 0.2) is 0 Å². The van der Waals surface area contributed by atoms with Gasteiger partial charge in [-0.3, -0.25) is 4.90 Å². The van der Waals surface area contributed by atoms with E-state index in [2.05, 4.69) is 47.2 Å². The largest absolute Gasteiger partial charge is 0.385 e. The van der Waals surface area contributed by atoms with Crippen molar-refractivity contribution in [3.63, 3.8) is 0 Å². The fourth-order valence-corrected chi connectivity index (χ4v) is 3.27. The van der Waals surface area contributed by atoms with Crippen molar-refractivity contribution < 1.29 is 0 Å². The highest BCUT2D eigenvalue weighted by Crippen LogP contribution is 2.32. The molecule has 3 rings (SSSR count). The van der Waals surface area contributed by atoms with Crippen molar-refractivity contribution >= 4 is 11.4 Å². The minimum Gasteiger partial charge on any atom is -0.385 e. The molecule has 0 saturated carbocycles. The maximum absolute atomic E-state index is 3.53. The molecule has 0 unspecified atom stereocenters. The summed E-state index contributed by atoms with van der Waals surface area (Å²) in [6.07, 6.45) is 2.48. The summed E-state index contributed by atoms with van der Waals surface area (Å²) in [5, 5.41) is 3.53. The number of anilines is 2. The molecule has 0 amide bonds. The van der Waals surface area contributed by atoms with Gasteiger partial charge in [-0.2, -0.15) is 0 Å². The zero-order valence-corrected chi connectivity index (χ0v) is 12.2. The lowest BCUT2D eigenvalue weighted by atomic mass is 10.00. The molecule has 1 aromatic carbocycles. The number of nitrogens with one attached hydrogen (secondary N) is 1. The van der Waals surface area contributed by atoms with Crippen molar-refractivity contribution in [2.45, 2.75) is 32.7 Å². The molecule has 3 heteroatoms. The van der Waals surface area contributed by atoms with E-state index >= 15 is 0 Å². The zero-order valence-electron chi connectivity index (χ0n) is 12.2. The average molecular weight is 259 g/mol. The summed E-state index contributed by atoms with van der Waals surface area (Å²) in [6.45, 7) is 10.4. The number of hydrogen-bond donors (Lipinski definition) is 1. The molecule has 1 saturated heterocycles. The van der Waals surface area contributed by atoms with Crippen LogP contribution in [0, 0.1) is 0 Å². The molecule has 2 heterocycles. The zero-order chi connectivity index (χ0) is 13.2. The summed E-state index contributed by atoms with van der Waals surface area (Å²) >= 11 is 0. The summed E-state index contributed by atoms with van der Waals surface area (Å²) in [6, 6.07) is 7.40. The molecule has 1 N–H and O–H groups in total. The second-order valence-corrected chi connectivity index (χ2v) is 5.95. The van der Waals surface area contributed by atoms with Crippen LogP contribution in [0.1, 0.15) is 25.8 Å². The molecule has 1 aromatic rings. The van der Waals surface area contributed by atoms with Crippen LogP contribution in [0.2, 0.25) is 0 Å². The van der Waals surface area contributed by atoms with Crippen molar-refractivity contribution in [3.8, 4) is 0 Å². The minimum absolute atomic E-state index is 0.675. The van der Waals surface area contributed by atoms with E-state index in [1.165, 1.54) is 42.9 Å². The van der Waals surface area contributed by atoms with E-state index < -0.39 is 0 Å². The first-order chi connectivity index (χ1) is 9.25. The van der Waals surface area contributed by atoms with Crippen LogP contribution in [-0.2, 0) is 6.42 Å². The van der Waals surface area contributed by atoms with Gasteiger partial charge in [0.05, 0.1) is 0 Å². The van der Waals surface area contributed by atoms with Crippen LogP contribution < -0.4 is 10.2 Å². The van der Waals surface area contributed by atoms with Gasteiger partial charge >= 0.3 is 0 Å². The van der Waals surface area contributed by atoms with E-state index in [0.717, 1.165) is 19.6 Å². The predicted molar refractivity (Wildman–Crippen MR) is 82.2 cm³/mol. The Kier molecular flexibility index (Phi) is 3.65. The Hall–Kier alpha value is -1.22. The molecule has 0 atom stereocenters. The highest BCUT2D eigenvalue weighted by molar-refractivity contribution is 5.68. The van der Waals surface area contributed by atoms with Gasteiger partial charge in [-0.15, -0.1) is 0 Å². The molecule has 0 bridgehead atoms. The van der Waals surface area contributed by atoms with Gasteiger partial charge in [-0.25, -0.2) is 0 Å². The summed E-state index contributed by atoms with van der Waals surface area (Å²) < 4.78 is 0. The molecule has 0 aromatic heterocycles. The molecule has 3 nitrogen and oxygen atoms in total. The second-order valence-electron chi connectivity index (χ2n) is 5.95. The Bertz CT molecular complexity index is 434. The van der Waals surface area contributed by atoms with Crippen LogP contribution in [0.5, 0.6) is 0 Å². The van der Waals surface area contributed by atoms with E-state index in [-0.39, 0.29) is 0 Å². The van der Waals surface area contributed by atoms with Crippen LogP contribution in [0.4, 0.5) is 11.4 Å². The van der Waals surface area contributed by atoms with Crippen molar-refractivity contribution in [1.29, 1.82) is 0 Å². The Labute approximate surface area is 116 Å². The van der Waals surface area contributed by atoms with Gasteiger partial charge in [0, 0.05) is 50.1 Å². The second kappa shape index (κ2) is 5.41. The third kappa shape index (κ3) is 2.57. The summed E-state index contributed by atoms with van der Waals surface area (Å²) in [7, 11) is 0. The Morgan fingerprint density at radius 1 is 1.11 bits per heavy atom. The lowest BCUT2D eigenvalue weighted by Crippen LogP contribution is -2.49. The third-order valence-electron chi connectivity index (χ3n) is 4.46. The molecule has 0 radical (unpaired) electrons. The van der Waals surface area contributed by atoms with Gasteiger partial charge in [0.1, 0.15) is 0 Å². The monoisotopic (exact) mass is 259 g/mol. The summed E-state index contributed by atoms with van der Waals surface area (Å²) in [4.78, 5) is 5.15. The Balaban J connectivity index is 1.77. The SMILES string of the molecule is CC(C)N1CCN(c2cccc3c2CCCN3)CC1. The van der Waals surface area contributed by atoms with Crippen molar-refractivity contribution in [1.82, 2.24) is 4.90 Å². The summed E-state index contributed by atoms with van der Waals surface area (Å²) in [5.74, 6) is 0. The highest BCUT2D eigenvalue weighted by Gasteiger charge is 2.22. The number of piperazine rings is 1. The van der Waals surface area contributed by atoms with Gasteiger partial charge < -0.3 is 10.2 Å². The summed E-state index contributed by atoms with van der Waals surface area (Å²) in [5.41, 5.74) is 4.36. The van der Waals surface area contributed by atoms with E-state index in [9.17, 15) is 0 Å². The quantitative estimate of drug-likeness (QED) is 0.880. The molecule has 2 aliphatic heterocycles. The number of rotatable bonds is 2. The van der Waals surface area contributed by atoms with Gasteiger partial charge in [-0.1, -0.05) is 6.07 Å². The molecular formula is C16H25N3. The standard InChI is InChI=1S/C16H25N3/c1-13(2)18-9-11-19(12-10-18)16-7-3-6-15-14(16)5-4-8-17-15/h3,6-7,13,17H,4-5,8-12H2,1-2H3. The first-order valence-corrected chi connectivity index (χ1v) is 7.60. The van der Waals surface area contributed by atoms with Crippen LogP contribution in [0.3, 0.4) is 0 Å². The predicted octanol–water partition coefficient (Wildman–Crippen LogP) is 2.58. The van der Waals surface area contributed by atoms with E-state index in [1.807, 2.05) is 0 Å². The third-order valence-corrected chi connectivity index (χ3v) is 4.46. The maximum atomic E-state index is 3.53. The molecule has 104 valence electrons. The molecule has 0 aliphatic carbocycles. The van der Waals surface area contributed by atoms with Crippen LogP contribution in [0.15, 0.2) is 18.2 Å². The average Bonchev–Trinajstić information content (AvgIpc) is 2.47. The van der Waals surface area contributed by atoms with Gasteiger partial charge in [0.2, 0.25) is 0 Å². The minimum atomic E-state index is 0.675. The fraction of sp³-hybridized carbons (Fsp3) is 0.625. The van der Waals surface area contributed by atoms with E-state index in [0.29, 0.717) is 6.04 Å². The lowest BCUT2D eigenvalue weighted by Gasteiger charge is -2.39. The van der Waals surface area contributed by atoms with Gasteiger partial charge in [0.25, 0.3) is 0 Å². The van der Waals surface area contributed by atoms with Crippen LogP contribution in [-0.4, -0.2) is 43.7 Å². The Morgan fingerprint density at radius 3 is 2.63 bits per heavy atom. The molecule has 0 spiro atoms. The molecule has 2 aliphatic rings. The van der Waals surface area contributed by atoms with E-state index in [1.54, 1.807) is 0 Å². The van der Waals surface area contributed by atoms with Crippen molar-refractivity contribution in [2.24, 2.45) is 0 Å². The lowest BCUT2D eigenvalue weighted by molar-refractivity contribution is 0.209. The highest BCUT2D eigenvalue weighted by atomic mass is 15.3.